The van der Waals surface area contributed by atoms with E-state index in [1.807, 2.05) is 18.2 Å². The highest BCUT2D eigenvalue weighted by atomic mass is 16.6. The summed E-state index contributed by atoms with van der Waals surface area (Å²) in [5.74, 6) is 0.506. The maximum absolute atomic E-state index is 13.5. The van der Waals surface area contributed by atoms with Gasteiger partial charge in [-0.05, 0) is 48.9 Å². The van der Waals surface area contributed by atoms with Crippen LogP contribution in [0.4, 0.5) is 17.3 Å². The summed E-state index contributed by atoms with van der Waals surface area (Å²) in [5, 5.41) is 31.7. The molecule has 1 aliphatic heterocycles. The first-order valence-corrected chi connectivity index (χ1v) is 10.7. The quantitative estimate of drug-likeness (QED) is 0.290. The van der Waals surface area contributed by atoms with E-state index in [4.69, 9.17) is 0 Å². The number of anilines is 2. The summed E-state index contributed by atoms with van der Waals surface area (Å²) < 4.78 is 1.55. The van der Waals surface area contributed by atoms with Crippen molar-refractivity contribution in [2.45, 2.75) is 13.0 Å². The first-order chi connectivity index (χ1) is 16.9. The lowest BCUT2D eigenvalue weighted by molar-refractivity contribution is -0.384. The normalized spacial score (nSPS) is 14.7. The third-order valence-electron chi connectivity index (χ3n) is 5.65. The molecule has 10 heteroatoms. The van der Waals surface area contributed by atoms with Gasteiger partial charge in [-0.2, -0.15) is 4.98 Å². The minimum Gasteiger partial charge on any atom is -0.508 e. The summed E-state index contributed by atoms with van der Waals surface area (Å²) >= 11 is 0. The van der Waals surface area contributed by atoms with E-state index in [2.05, 4.69) is 20.7 Å². The highest BCUT2D eigenvalue weighted by Gasteiger charge is 2.35. The van der Waals surface area contributed by atoms with Crippen LogP contribution < -0.4 is 10.6 Å². The number of nitro groups is 1. The van der Waals surface area contributed by atoms with Crippen molar-refractivity contribution in [3.8, 4) is 17.1 Å². The second-order valence-electron chi connectivity index (χ2n) is 7.99. The summed E-state index contributed by atoms with van der Waals surface area (Å²) in [7, 11) is 0. The van der Waals surface area contributed by atoms with Gasteiger partial charge in [-0.25, -0.2) is 4.68 Å². The minimum absolute atomic E-state index is 0.0954. The van der Waals surface area contributed by atoms with E-state index in [-0.39, 0.29) is 17.3 Å². The number of amides is 1. The number of allylic oxidation sites excluding steroid dienone is 1. The van der Waals surface area contributed by atoms with E-state index in [1.54, 1.807) is 48.0 Å². The molecule has 1 aromatic heterocycles. The molecule has 4 aromatic rings. The molecular weight excluding hydrogens is 448 g/mol. The van der Waals surface area contributed by atoms with Crippen molar-refractivity contribution in [1.82, 2.24) is 14.8 Å². The maximum Gasteiger partial charge on any atom is 0.269 e. The Balaban J connectivity index is 1.63. The minimum atomic E-state index is -0.770. The standard InChI is InChI=1S/C25H20N6O4/c1-15-21(24(33)27-18-7-3-2-4-8-18)22(17-6-5-9-19(14-17)31(34)35)30-25(26-15)28-23(29-30)16-10-12-20(32)13-11-16/h2-14,22,32H,1H3,(H,27,33)(H,26,28,29). The Hall–Kier alpha value is -4.99. The number of carbonyl (C=O) groups is 1. The molecular formula is C25H20N6O4. The number of phenolic OH excluding ortho intramolecular Hbond substituents is 1. The monoisotopic (exact) mass is 468 g/mol. The molecule has 5 rings (SSSR count). The summed E-state index contributed by atoms with van der Waals surface area (Å²) in [6, 6.07) is 20.8. The number of phenols is 1. The molecule has 174 valence electrons. The Morgan fingerprint density at radius 3 is 2.54 bits per heavy atom. The molecule has 3 N–H and O–H groups in total. The highest BCUT2D eigenvalue weighted by molar-refractivity contribution is 6.06. The van der Waals surface area contributed by atoms with Crippen molar-refractivity contribution in [1.29, 1.82) is 0 Å². The fourth-order valence-electron chi connectivity index (χ4n) is 4.01. The average Bonchev–Trinajstić information content (AvgIpc) is 3.27. The van der Waals surface area contributed by atoms with Crippen LogP contribution in [0.3, 0.4) is 0 Å². The molecule has 0 saturated heterocycles. The number of nitrogens with zero attached hydrogens (tertiary/aromatic N) is 4. The van der Waals surface area contributed by atoms with Gasteiger partial charge in [0.05, 0.1) is 10.5 Å². The van der Waals surface area contributed by atoms with Crippen molar-refractivity contribution in [3.63, 3.8) is 0 Å². The summed E-state index contributed by atoms with van der Waals surface area (Å²) in [5.41, 5.74) is 2.60. The van der Waals surface area contributed by atoms with Crippen LogP contribution in [0.1, 0.15) is 18.5 Å². The van der Waals surface area contributed by atoms with Crippen molar-refractivity contribution in [2.24, 2.45) is 0 Å². The summed E-state index contributed by atoms with van der Waals surface area (Å²) in [6.45, 7) is 1.75. The zero-order chi connectivity index (χ0) is 24.5. The highest BCUT2D eigenvalue weighted by Crippen LogP contribution is 2.37. The van der Waals surface area contributed by atoms with Crippen molar-refractivity contribution >= 4 is 23.2 Å². The van der Waals surface area contributed by atoms with Crippen LogP contribution in [0.25, 0.3) is 11.4 Å². The number of benzene rings is 3. The van der Waals surface area contributed by atoms with E-state index in [9.17, 15) is 20.0 Å². The molecule has 3 aromatic carbocycles. The fourth-order valence-corrected chi connectivity index (χ4v) is 4.01. The summed E-state index contributed by atoms with van der Waals surface area (Å²) in [6.07, 6.45) is 0. The molecule has 10 nitrogen and oxygen atoms in total. The van der Waals surface area contributed by atoms with Gasteiger partial charge in [-0.3, -0.25) is 14.9 Å². The lowest BCUT2D eigenvalue weighted by atomic mass is 9.94. The molecule has 1 aliphatic rings. The molecule has 0 spiro atoms. The van der Waals surface area contributed by atoms with Crippen LogP contribution in [-0.4, -0.2) is 30.7 Å². The fraction of sp³-hybridized carbons (Fsp3) is 0.0800. The third-order valence-corrected chi connectivity index (χ3v) is 5.65. The molecule has 0 saturated carbocycles. The molecule has 0 aliphatic carbocycles. The Morgan fingerprint density at radius 1 is 1.09 bits per heavy atom. The zero-order valence-electron chi connectivity index (χ0n) is 18.5. The molecule has 35 heavy (non-hydrogen) atoms. The van der Waals surface area contributed by atoms with E-state index >= 15 is 0 Å². The number of aromatic hydroxyl groups is 1. The van der Waals surface area contributed by atoms with Crippen LogP contribution in [-0.2, 0) is 4.79 Å². The van der Waals surface area contributed by atoms with E-state index < -0.39 is 11.0 Å². The van der Waals surface area contributed by atoms with Gasteiger partial charge < -0.3 is 15.7 Å². The number of rotatable bonds is 5. The van der Waals surface area contributed by atoms with Crippen molar-refractivity contribution in [3.05, 3.63) is 106 Å². The molecule has 1 unspecified atom stereocenters. The SMILES string of the molecule is CC1=C(C(=O)Nc2ccccc2)C(c2cccc([N+](=O)[O-])c2)n2nc(-c3ccc(O)cc3)nc2N1. The Morgan fingerprint density at radius 2 is 1.83 bits per heavy atom. The number of carbonyl (C=O) groups excluding carboxylic acids is 1. The Kier molecular flexibility index (Phi) is 5.46. The lowest BCUT2D eigenvalue weighted by Crippen LogP contribution is -2.31. The lowest BCUT2D eigenvalue weighted by Gasteiger charge is -2.28. The second kappa shape index (κ2) is 8.75. The smallest absolute Gasteiger partial charge is 0.269 e. The van der Waals surface area contributed by atoms with Gasteiger partial charge in [0, 0.05) is 29.1 Å². The maximum atomic E-state index is 13.5. The number of fused-ring (bicyclic) bond motifs is 1. The molecule has 0 fully saturated rings. The van der Waals surface area contributed by atoms with Gasteiger partial charge in [-0.15, -0.1) is 5.10 Å². The van der Waals surface area contributed by atoms with E-state index in [0.29, 0.717) is 39.9 Å². The van der Waals surface area contributed by atoms with Crippen LogP contribution in [0, 0.1) is 10.1 Å². The molecule has 1 atom stereocenters. The van der Waals surface area contributed by atoms with Crippen molar-refractivity contribution in [2.75, 3.05) is 10.6 Å². The number of para-hydroxylation sites is 1. The Labute approximate surface area is 199 Å². The molecule has 0 radical (unpaired) electrons. The van der Waals surface area contributed by atoms with Crippen LogP contribution in [0.15, 0.2) is 90.1 Å². The number of hydrogen-bond donors (Lipinski definition) is 3. The molecule has 1 amide bonds. The first kappa shape index (κ1) is 21.8. The zero-order valence-corrected chi connectivity index (χ0v) is 18.5. The van der Waals surface area contributed by atoms with Gasteiger partial charge in [0.15, 0.2) is 5.82 Å². The summed E-state index contributed by atoms with van der Waals surface area (Å²) in [4.78, 5) is 29.0. The number of nitrogens with one attached hydrogen (secondary N) is 2. The van der Waals surface area contributed by atoms with Gasteiger partial charge in [-0.1, -0.05) is 30.3 Å². The molecule has 2 heterocycles. The van der Waals surface area contributed by atoms with E-state index in [1.165, 1.54) is 24.3 Å². The number of nitro benzene ring substituents is 1. The van der Waals surface area contributed by atoms with Crippen molar-refractivity contribution < 1.29 is 14.8 Å². The van der Waals surface area contributed by atoms with E-state index in [0.717, 1.165) is 0 Å². The third kappa shape index (κ3) is 4.20. The van der Waals surface area contributed by atoms with Crippen LogP contribution in [0.2, 0.25) is 0 Å². The van der Waals surface area contributed by atoms with Gasteiger partial charge >= 0.3 is 0 Å². The Bertz CT molecular complexity index is 1460. The predicted molar refractivity (Wildman–Crippen MR) is 130 cm³/mol. The van der Waals surface area contributed by atoms with Crippen LogP contribution >= 0.6 is 0 Å². The predicted octanol–water partition coefficient (Wildman–Crippen LogP) is 4.49. The van der Waals surface area contributed by atoms with Gasteiger partial charge in [0.2, 0.25) is 5.95 Å². The van der Waals surface area contributed by atoms with Crippen LogP contribution in [0.5, 0.6) is 5.75 Å². The molecule has 0 bridgehead atoms. The average molecular weight is 468 g/mol. The van der Waals surface area contributed by atoms with Gasteiger partial charge in [0.25, 0.3) is 11.6 Å². The van der Waals surface area contributed by atoms with Gasteiger partial charge in [0.1, 0.15) is 11.8 Å². The second-order valence-corrected chi connectivity index (χ2v) is 7.99. The largest absolute Gasteiger partial charge is 0.508 e. The number of aromatic nitrogens is 3. The number of hydrogen-bond acceptors (Lipinski definition) is 7. The topological polar surface area (TPSA) is 135 Å². The number of non-ortho nitro benzene ring substituents is 1. The first-order valence-electron chi connectivity index (χ1n) is 10.7.